The fraction of sp³-hybridized carbons (Fsp3) is 0.240. The summed E-state index contributed by atoms with van der Waals surface area (Å²) in [6.45, 7) is 4.48. The first-order valence-corrected chi connectivity index (χ1v) is 9.86. The summed E-state index contributed by atoms with van der Waals surface area (Å²) >= 11 is 0. The first-order chi connectivity index (χ1) is 14.2. The van der Waals surface area contributed by atoms with Gasteiger partial charge in [-0.1, -0.05) is 60.2 Å². The Morgan fingerprint density at radius 3 is 2.66 bits per heavy atom. The van der Waals surface area contributed by atoms with Crippen LogP contribution in [0.5, 0.6) is 0 Å². The molecule has 0 aliphatic carbocycles. The van der Waals surface area contributed by atoms with Gasteiger partial charge in [-0.2, -0.15) is 0 Å². The molecule has 0 aliphatic heterocycles. The largest absolute Gasteiger partial charge is 0.383 e. The number of hydrogen-bond acceptors (Lipinski definition) is 2. The fourth-order valence-corrected chi connectivity index (χ4v) is 3.26. The van der Waals surface area contributed by atoms with Gasteiger partial charge in [0.25, 0.3) is 0 Å². The predicted octanol–water partition coefficient (Wildman–Crippen LogP) is 4.53. The van der Waals surface area contributed by atoms with Crippen molar-refractivity contribution >= 4 is 12.0 Å². The number of carbonyl (C=O) groups excluding carboxylic acids is 1. The van der Waals surface area contributed by atoms with E-state index in [-0.39, 0.29) is 5.91 Å². The van der Waals surface area contributed by atoms with Gasteiger partial charge in [0, 0.05) is 38.2 Å². The standard InChI is InChI=1S/C25H28N2O2/c1-21-8-6-11-23(18-21)19-26-15-7-12-24(26)20-27(16-17-29-2)25(28)14-13-22-9-4-3-5-10-22/h3-15,18H,16-17,19-20H2,1-2H3/b14-13+. The highest BCUT2D eigenvalue weighted by molar-refractivity contribution is 5.91. The Labute approximate surface area is 173 Å². The van der Waals surface area contributed by atoms with Gasteiger partial charge >= 0.3 is 0 Å². The van der Waals surface area contributed by atoms with Crippen LogP contribution in [0.3, 0.4) is 0 Å². The van der Waals surface area contributed by atoms with E-state index in [0.29, 0.717) is 19.7 Å². The summed E-state index contributed by atoms with van der Waals surface area (Å²) in [6, 6.07) is 22.5. The van der Waals surface area contributed by atoms with Gasteiger partial charge in [-0.15, -0.1) is 0 Å². The topological polar surface area (TPSA) is 34.5 Å². The Bertz CT molecular complexity index is 944. The van der Waals surface area contributed by atoms with Crippen LogP contribution in [0, 0.1) is 6.92 Å². The van der Waals surface area contributed by atoms with Crippen LogP contribution in [-0.2, 0) is 22.6 Å². The van der Waals surface area contributed by atoms with Crippen LogP contribution in [-0.4, -0.2) is 35.6 Å². The molecule has 2 aromatic carbocycles. The molecule has 0 fully saturated rings. The van der Waals surface area contributed by atoms with Crippen molar-refractivity contribution in [2.24, 2.45) is 0 Å². The molecule has 1 aromatic heterocycles. The molecule has 4 heteroatoms. The minimum atomic E-state index is -0.0193. The highest BCUT2D eigenvalue weighted by Crippen LogP contribution is 2.13. The maximum atomic E-state index is 12.8. The van der Waals surface area contributed by atoms with Crippen LogP contribution in [0.4, 0.5) is 0 Å². The zero-order valence-electron chi connectivity index (χ0n) is 17.1. The molecule has 0 spiro atoms. The molecule has 1 amide bonds. The van der Waals surface area contributed by atoms with Gasteiger partial charge in [0.15, 0.2) is 0 Å². The molecule has 0 bridgehead atoms. The van der Waals surface area contributed by atoms with Crippen LogP contribution >= 0.6 is 0 Å². The van der Waals surface area contributed by atoms with E-state index >= 15 is 0 Å². The summed E-state index contributed by atoms with van der Waals surface area (Å²) in [4.78, 5) is 14.7. The van der Waals surface area contributed by atoms with Crippen molar-refractivity contribution < 1.29 is 9.53 Å². The molecule has 3 rings (SSSR count). The first kappa shape index (κ1) is 20.6. The number of aryl methyl sites for hydroxylation is 1. The number of amides is 1. The molecule has 0 atom stereocenters. The van der Waals surface area contributed by atoms with Gasteiger partial charge in [-0.3, -0.25) is 4.79 Å². The van der Waals surface area contributed by atoms with E-state index in [1.165, 1.54) is 11.1 Å². The fourth-order valence-electron chi connectivity index (χ4n) is 3.26. The van der Waals surface area contributed by atoms with E-state index in [0.717, 1.165) is 17.8 Å². The number of benzene rings is 2. The van der Waals surface area contributed by atoms with E-state index in [1.807, 2.05) is 47.4 Å². The molecule has 0 saturated heterocycles. The van der Waals surface area contributed by atoms with Crippen molar-refractivity contribution in [3.8, 4) is 0 Å². The smallest absolute Gasteiger partial charge is 0.247 e. The van der Waals surface area contributed by atoms with E-state index in [9.17, 15) is 4.79 Å². The lowest BCUT2D eigenvalue weighted by Gasteiger charge is -2.22. The van der Waals surface area contributed by atoms with E-state index in [1.54, 1.807) is 13.2 Å². The number of aromatic nitrogens is 1. The molecular formula is C25H28N2O2. The third-order valence-corrected chi connectivity index (χ3v) is 4.81. The number of hydrogen-bond donors (Lipinski definition) is 0. The summed E-state index contributed by atoms with van der Waals surface area (Å²) < 4.78 is 7.42. The Kier molecular flexibility index (Phi) is 7.42. The van der Waals surface area contributed by atoms with Crippen molar-refractivity contribution in [2.45, 2.75) is 20.0 Å². The summed E-state index contributed by atoms with van der Waals surface area (Å²) in [7, 11) is 1.66. The maximum absolute atomic E-state index is 12.8. The minimum Gasteiger partial charge on any atom is -0.383 e. The molecule has 3 aromatic rings. The van der Waals surface area contributed by atoms with E-state index < -0.39 is 0 Å². The lowest BCUT2D eigenvalue weighted by atomic mass is 10.1. The number of ether oxygens (including phenoxy) is 1. The van der Waals surface area contributed by atoms with Gasteiger partial charge in [-0.05, 0) is 36.3 Å². The second kappa shape index (κ2) is 10.4. The molecule has 150 valence electrons. The average molecular weight is 389 g/mol. The van der Waals surface area contributed by atoms with Crippen LogP contribution in [0.1, 0.15) is 22.4 Å². The van der Waals surface area contributed by atoms with Crippen molar-refractivity contribution in [1.29, 1.82) is 0 Å². The van der Waals surface area contributed by atoms with Gasteiger partial charge in [0.05, 0.1) is 13.2 Å². The van der Waals surface area contributed by atoms with Gasteiger partial charge in [-0.25, -0.2) is 0 Å². The molecular weight excluding hydrogens is 360 g/mol. The molecule has 0 saturated carbocycles. The predicted molar refractivity (Wildman–Crippen MR) is 117 cm³/mol. The third kappa shape index (κ3) is 6.19. The van der Waals surface area contributed by atoms with Crippen LogP contribution in [0.15, 0.2) is 79.0 Å². The molecule has 0 N–H and O–H groups in total. The van der Waals surface area contributed by atoms with Crippen LogP contribution < -0.4 is 0 Å². The zero-order valence-corrected chi connectivity index (χ0v) is 17.1. The molecule has 0 radical (unpaired) electrons. The molecule has 0 unspecified atom stereocenters. The van der Waals surface area contributed by atoms with Crippen LogP contribution in [0.2, 0.25) is 0 Å². The molecule has 1 heterocycles. The second-order valence-electron chi connectivity index (χ2n) is 7.11. The molecule has 29 heavy (non-hydrogen) atoms. The van der Waals surface area contributed by atoms with Gasteiger partial charge in [0.1, 0.15) is 0 Å². The number of nitrogens with zero attached hydrogens (tertiary/aromatic N) is 2. The maximum Gasteiger partial charge on any atom is 0.247 e. The zero-order chi connectivity index (χ0) is 20.5. The first-order valence-electron chi connectivity index (χ1n) is 9.86. The highest BCUT2D eigenvalue weighted by atomic mass is 16.5. The Hall–Kier alpha value is -3.11. The Morgan fingerprint density at radius 2 is 1.90 bits per heavy atom. The summed E-state index contributed by atoms with van der Waals surface area (Å²) in [5.74, 6) is -0.0193. The van der Waals surface area contributed by atoms with Gasteiger partial charge in [0.2, 0.25) is 5.91 Å². The number of methoxy groups -OCH3 is 1. The van der Waals surface area contributed by atoms with Crippen molar-refractivity contribution in [3.63, 3.8) is 0 Å². The summed E-state index contributed by atoms with van der Waals surface area (Å²) in [5, 5.41) is 0. The quantitative estimate of drug-likeness (QED) is 0.505. The normalized spacial score (nSPS) is 11.1. The monoisotopic (exact) mass is 388 g/mol. The summed E-state index contributed by atoms with van der Waals surface area (Å²) in [6.07, 6.45) is 5.56. The van der Waals surface area contributed by atoms with Crippen molar-refractivity contribution in [1.82, 2.24) is 9.47 Å². The molecule has 0 aliphatic rings. The van der Waals surface area contributed by atoms with Gasteiger partial charge < -0.3 is 14.2 Å². The average Bonchev–Trinajstić information content (AvgIpc) is 3.16. The van der Waals surface area contributed by atoms with Crippen LogP contribution in [0.25, 0.3) is 6.08 Å². The second-order valence-corrected chi connectivity index (χ2v) is 7.11. The van der Waals surface area contributed by atoms with Crippen molar-refractivity contribution in [3.05, 3.63) is 101 Å². The van der Waals surface area contributed by atoms with E-state index in [4.69, 9.17) is 4.74 Å². The highest BCUT2D eigenvalue weighted by Gasteiger charge is 2.13. The minimum absolute atomic E-state index is 0.0193. The van der Waals surface area contributed by atoms with E-state index in [2.05, 4.69) is 48.0 Å². The van der Waals surface area contributed by atoms with Crippen molar-refractivity contribution in [2.75, 3.05) is 20.3 Å². The Morgan fingerprint density at radius 1 is 1.07 bits per heavy atom. The molecule has 4 nitrogen and oxygen atoms in total. The summed E-state index contributed by atoms with van der Waals surface area (Å²) in [5.41, 5.74) is 4.61. The number of rotatable bonds is 9. The lowest BCUT2D eigenvalue weighted by molar-refractivity contribution is -0.127. The third-order valence-electron chi connectivity index (χ3n) is 4.81. The number of carbonyl (C=O) groups is 1. The Balaban J connectivity index is 1.72. The SMILES string of the molecule is COCCN(Cc1cccn1Cc1cccc(C)c1)C(=O)/C=C/c1ccccc1. The lowest BCUT2D eigenvalue weighted by Crippen LogP contribution is -2.33.